The van der Waals surface area contributed by atoms with Gasteiger partial charge in [-0.25, -0.2) is 13.2 Å². The lowest BCUT2D eigenvalue weighted by atomic mass is 9.92. The first-order valence-electron chi connectivity index (χ1n) is 7.13. The molecule has 0 spiro atoms. The van der Waals surface area contributed by atoms with Gasteiger partial charge in [-0.05, 0) is 25.5 Å². The predicted molar refractivity (Wildman–Crippen MR) is 84.6 cm³/mol. The molecule has 1 aliphatic rings. The maximum atomic E-state index is 12.0. The molecule has 0 unspecified atom stereocenters. The molecular weight excluding hydrogens is 304 g/mol. The van der Waals surface area contributed by atoms with Crippen LogP contribution in [0.15, 0.2) is 12.1 Å². The molecule has 1 atom stereocenters. The molecule has 7 nitrogen and oxygen atoms in total. The Morgan fingerprint density at radius 2 is 1.95 bits per heavy atom. The molecule has 1 saturated heterocycles. The second-order valence-electron chi connectivity index (χ2n) is 7.04. The molecule has 0 saturated carbocycles. The summed E-state index contributed by atoms with van der Waals surface area (Å²) < 4.78 is 23.0. The fraction of sp³-hybridized carbons (Fsp3) is 0.643. The van der Waals surface area contributed by atoms with Crippen molar-refractivity contribution < 1.29 is 13.2 Å². The van der Waals surface area contributed by atoms with Crippen molar-refractivity contribution in [2.45, 2.75) is 45.1 Å². The van der Waals surface area contributed by atoms with Crippen molar-refractivity contribution in [2.24, 2.45) is 0 Å². The molecule has 8 heteroatoms. The molecule has 22 heavy (non-hydrogen) atoms. The Bertz CT molecular complexity index is 664. The molecule has 0 bridgehead atoms. The van der Waals surface area contributed by atoms with E-state index in [1.807, 2.05) is 26.8 Å². The first kappa shape index (κ1) is 16.7. The van der Waals surface area contributed by atoms with Gasteiger partial charge in [0.2, 0.25) is 0 Å². The molecule has 0 radical (unpaired) electrons. The molecule has 1 aromatic heterocycles. The summed E-state index contributed by atoms with van der Waals surface area (Å²) in [6, 6.07) is 3.02. The number of nitrogens with one attached hydrogen (secondary N) is 2. The van der Waals surface area contributed by atoms with Gasteiger partial charge in [-0.2, -0.15) is 5.10 Å². The van der Waals surface area contributed by atoms with Crippen molar-refractivity contribution in [1.29, 1.82) is 0 Å². The Morgan fingerprint density at radius 1 is 1.27 bits per heavy atom. The summed E-state index contributed by atoms with van der Waals surface area (Å²) in [4.78, 5) is 12.0. The van der Waals surface area contributed by atoms with Crippen LogP contribution in [0.5, 0.6) is 0 Å². The van der Waals surface area contributed by atoms with E-state index >= 15 is 0 Å². The van der Waals surface area contributed by atoms with Gasteiger partial charge in [0.15, 0.2) is 15.7 Å². The molecule has 2 N–H and O–H groups in total. The van der Waals surface area contributed by atoms with Crippen molar-refractivity contribution >= 4 is 21.7 Å². The van der Waals surface area contributed by atoms with Crippen molar-refractivity contribution in [2.75, 3.05) is 16.8 Å². The normalized spacial score (nSPS) is 24.0. The van der Waals surface area contributed by atoms with Gasteiger partial charge in [-0.1, -0.05) is 20.8 Å². The number of amides is 2. The van der Waals surface area contributed by atoms with Crippen LogP contribution in [-0.2, 0) is 15.3 Å². The minimum Gasteiger partial charge on any atom is -0.332 e. The van der Waals surface area contributed by atoms with Crippen LogP contribution in [0.3, 0.4) is 0 Å². The van der Waals surface area contributed by atoms with E-state index in [4.69, 9.17) is 0 Å². The van der Waals surface area contributed by atoms with Gasteiger partial charge < -0.3 is 5.32 Å². The highest BCUT2D eigenvalue weighted by Gasteiger charge is 2.39. The molecule has 1 aliphatic heterocycles. The maximum Gasteiger partial charge on any atom is 0.320 e. The SMILES string of the molecule is CC(C)(C)c1ccc(NC(=O)N[C@@]2(C)CCS(=O)(=O)C2)nn1. The molecule has 1 aromatic rings. The number of aromatic nitrogens is 2. The highest BCUT2D eigenvalue weighted by molar-refractivity contribution is 7.91. The first-order valence-corrected chi connectivity index (χ1v) is 8.95. The van der Waals surface area contributed by atoms with E-state index in [1.165, 1.54) is 0 Å². The van der Waals surface area contributed by atoms with Gasteiger partial charge in [-0.3, -0.25) is 5.32 Å². The van der Waals surface area contributed by atoms with E-state index in [1.54, 1.807) is 13.0 Å². The van der Waals surface area contributed by atoms with Crippen molar-refractivity contribution in [3.63, 3.8) is 0 Å². The van der Waals surface area contributed by atoms with E-state index < -0.39 is 21.4 Å². The molecule has 122 valence electrons. The van der Waals surface area contributed by atoms with Crippen LogP contribution in [0.2, 0.25) is 0 Å². The number of rotatable bonds is 2. The number of carbonyl (C=O) groups is 1. The highest BCUT2D eigenvalue weighted by atomic mass is 32.2. The Morgan fingerprint density at radius 3 is 2.41 bits per heavy atom. The number of nitrogens with zero attached hydrogens (tertiary/aromatic N) is 2. The lowest BCUT2D eigenvalue weighted by molar-refractivity contribution is 0.242. The summed E-state index contributed by atoms with van der Waals surface area (Å²) in [5, 5.41) is 13.3. The van der Waals surface area contributed by atoms with Crippen molar-refractivity contribution in [3.05, 3.63) is 17.8 Å². The minimum atomic E-state index is -3.06. The molecule has 2 amide bonds. The van der Waals surface area contributed by atoms with Gasteiger partial charge in [-0.15, -0.1) is 5.10 Å². The number of sulfone groups is 1. The van der Waals surface area contributed by atoms with Crippen LogP contribution in [0.1, 0.15) is 39.8 Å². The number of hydrogen-bond donors (Lipinski definition) is 2. The quantitative estimate of drug-likeness (QED) is 0.857. The summed E-state index contributed by atoms with van der Waals surface area (Å²) in [5.41, 5.74) is -0.0199. The van der Waals surface area contributed by atoms with Crippen LogP contribution < -0.4 is 10.6 Å². The zero-order valence-corrected chi connectivity index (χ0v) is 14.1. The number of carbonyl (C=O) groups excluding carboxylic acids is 1. The fourth-order valence-electron chi connectivity index (χ4n) is 2.33. The van der Waals surface area contributed by atoms with Gasteiger partial charge in [0.05, 0.1) is 22.7 Å². The van der Waals surface area contributed by atoms with E-state index in [0.717, 1.165) is 5.69 Å². The standard InChI is InChI=1S/C14H22N4O3S/c1-13(2,3)10-5-6-11(18-17-10)15-12(19)16-14(4)7-8-22(20,21)9-14/h5-6H,7-9H2,1-4H3,(H2,15,16,18,19)/t14-/m0/s1. The smallest absolute Gasteiger partial charge is 0.320 e. The summed E-state index contributed by atoms with van der Waals surface area (Å²) in [5.74, 6) is 0.390. The Hall–Kier alpha value is -1.70. The minimum absolute atomic E-state index is 0.0396. The average Bonchev–Trinajstić information content (AvgIpc) is 2.62. The molecular formula is C14H22N4O3S. The number of hydrogen-bond acceptors (Lipinski definition) is 5. The summed E-state index contributed by atoms with van der Waals surface area (Å²) >= 11 is 0. The number of urea groups is 1. The Kier molecular flexibility index (Phi) is 4.16. The predicted octanol–water partition coefficient (Wildman–Crippen LogP) is 1.47. The average molecular weight is 326 g/mol. The lowest BCUT2D eigenvalue weighted by Gasteiger charge is -2.23. The van der Waals surface area contributed by atoms with Crippen LogP contribution in [0, 0.1) is 0 Å². The van der Waals surface area contributed by atoms with Gasteiger partial charge in [0, 0.05) is 5.41 Å². The molecule has 1 fully saturated rings. The zero-order chi connectivity index (χ0) is 16.6. The zero-order valence-electron chi connectivity index (χ0n) is 13.3. The summed E-state index contributed by atoms with van der Waals surface area (Å²) in [6.07, 6.45) is 0.414. The van der Waals surface area contributed by atoms with Crippen LogP contribution in [-0.4, -0.2) is 41.7 Å². The Balaban J connectivity index is 1.98. The number of anilines is 1. The highest BCUT2D eigenvalue weighted by Crippen LogP contribution is 2.23. The van der Waals surface area contributed by atoms with Gasteiger partial charge in [0.25, 0.3) is 0 Å². The molecule has 2 heterocycles. The lowest BCUT2D eigenvalue weighted by Crippen LogP contribution is -2.48. The topological polar surface area (TPSA) is 101 Å². The summed E-state index contributed by atoms with van der Waals surface area (Å²) in [7, 11) is -3.06. The third kappa shape index (κ3) is 4.16. The third-order valence-corrected chi connectivity index (χ3v) is 5.50. The monoisotopic (exact) mass is 326 g/mol. The Labute approximate surface area is 130 Å². The van der Waals surface area contributed by atoms with Crippen LogP contribution in [0.25, 0.3) is 0 Å². The van der Waals surface area contributed by atoms with Crippen molar-refractivity contribution in [3.8, 4) is 0 Å². The second-order valence-corrected chi connectivity index (χ2v) is 9.22. The molecule has 2 rings (SSSR count). The van der Waals surface area contributed by atoms with Crippen molar-refractivity contribution in [1.82, 2.24) is 15.5 Å². The summed E-state index contributed by atoms with van der Waals surface area (Å²) in [6.45, 7) is 7.81. The van der Waals surface area contributed by atoms with E-state index in [9.17, 15) is 13.2 Å². The molecule has 0 aromatic carbocycles. The van der Waals surface area contributed by atoms with Crippen LogP contribution >= 0.6 is 0 Å². The maximum absolute atomic E-state index is 12.0. The van der Waals surface area contributed by atoms with Crippen LogP contribution in [0.4, 0.5) is 10.6 Å². The fourth-order valence-corrected chi connectivity index (χ4v) is 4.42. The van der Waals surface area contributed by atoms with E-state index in [-0.39, 0.29) is 16.9 Å². The second kappa shape index (κ2) is 5.49. The van der Waals surface area contributed by atoms with Gasteiger partial charge in [0.1, 0.15) is 0 Å². The third-order valence-electron chi connectivity index (χ3n) is 3.59. The largest absolute Gasteiger partial charge is 0.332 e. The first-order chi connectivity index (χ1) is 9.99. The van der Waals surface area contributed by atoms with Gasteiger partial charge >= 0.3 is 6.03 Å². The van der Waals surface area contributed by atoms with E-state index in [0.29, 0.717) is 12.2 Å². The molecule has 0 aliphatic carbocycles. The van der Waals surface area contributed by atoms with E-state index in [2.05, 4.69) is 20.8 Å².